The van der Waals surface area contributed by atoms with Gasteiger partial charge in [0.1, 0.15) is 11.5 Å². The molecular formula is C29H35FN6O. The highest BCUT2D eigenvalue weighted by Crippen LogP contribution is 2.30. The summed E-state index contributed by atoms with van der Waals surface area (Å²) in [5.74, 6) is 0.643. The van der Waals surface area contributed by atoms with Crippen molar-refractivity contribution >= 4 is 22.4 Å². The molecule has 3 heterocycles. The number of nitrogens with one attached hydrogen (secondary N) is 1. The first-order valence-corrected chi connectivity index (χ1v) is 12.9. The van der Waals surface area contributed by atoms with Gasteiger partial charge in [0.15, 0.2) is 0 Å². The number of hydrogen-bond donors (Lipinski definition) is 1. The summed E-state index contributed by atoms with van der Waals surface area (Å²) in [4.78, 5) is 24.4. The van der Waals surface area contributed by atoms with Crippen molar-refractivity contribution < 1.29 is 4.39 Å². The minimum absolute atomic E-state index is 0.113. The van der Waals surface area contributed by atoms with Crippen LogP contribution in [0.25, 0.3) is 16.6 Å². The molecule has 1 aliphatic rings. The van der Waals surface area contributed by atoms with Crippen LogP contribution in [0.2, 0.25) is 0 Å². The largest absolute Gasteiger partial charge is 0.340 e. The second-order valence-electron chi connectivity index (χ2n) is 11.0. The molecule has 8 heteroatoms. The van der Waals surface area contributed by atoms with E-state index in [9.17, 15) is 9.18 Å². The minimum atomic E-state index is -1.60. The topological polar surface area (TPSA) is 68.0 Å². The third kappa shape index (κ3) is 4.78. The molecular weight excluding hydrogens is 467 g/mol. The van der Waals surface area contributed by atoms with Gasteiger partial charge in [0.05, 0.1) is 22.3 Å². The molecule has 0 bridgehead atoms. The highest BCUT2D eigenvalue weighted by Gasteiger charge is 2.24. The average molecular weight is 503 g/mol. The standard InChI is InChI=1S/C29H35FN6O/c1-18(2)35-28(37)24-17-32-27(16-25(24)36(35)23-11-12-31-26(15-23)29(3,4)30)33-21-9-7-20-14-22(34(5)6)10-8-19(20)13-21/h7,9,11-13,15-18,22H,8,10,14H2,1-6H3,(H,32,33). The van der Waals surface area contributed by atoms with Crippen LogP contribution in [0.1, 0.15) is 57.0 Å². The third-order valence-corrected chi connectivity index (χ3v) is 7.26. The zero-order chi connectivity index (χ0) is 26.5. The quantitative estimate of drug-likeness (QED) is 0.376. The Morgan fingerprint density at radius 1 is 1.11 bits per heavy atom. The Bertz CT molecular complexity index is 1510. The van der Waals surface area contributed by atoms with Crippen molar-refractivity contribution in [2.75, 3.05) is 19.4 Å². The predicted octanol–water partition coefficient (Wildman–Crippen LogP) is 5.53. The number of benzene rings is 1. The van der Waals surface area contributed by atoms with Crippen molar-refractivity contribution in [1.82, 2.24) is 24.2 Å². The summed E-state index contributed by atoms with van der Waals surface area (Å²) in [6.07, 6.45) is 6.46. The molecule has 3 aromatic heterocycles. The molecule has 1 aromatic carbocycles. The Morgan fingerprint density at radius 2 is 1.89 bits per heavy atom. The van der Waals surface area contributed by atoms with Crippen molar-refractivity contribution in [2.45, 2.75) is 64.7 Å². The number of aromatic nitrogens is 4. The van der Waals surface area contributed by atoms with Crippen LogP contribution < -0.4 is 10.9 Å². The molecule has 0 aliphatic heterocycles. The molecule has 0 fully saturated rings. The number of alkyl halides is 1. The van der Waals surface area contributed by atoms with Crippen LogP contribution in [0.5, 0.6) is 0 Å². The first-order chi connectivity index (χ1) is 17.5. The maximum Gasteiger partial charge on any atom is 0.276 e. The van der Waals surface area contributed by atoms with E-state index < -0.39 is 5.67 Å². The molecule has 37 heavy (non-hydrogen) atoms. The molecule has 4 aromatic rings. The Kier molecular flexibility index (Phi) is 6.40. The second kappa shape index (κ2) is 9.41. The number of nitrogens with zero attached hydrogens (tertiary/aromatic N) is 5. The second-order valence-corrected chi connectivity index (χ2v) is 11.0. The maximum absolute atomic E-state index is 14.7. The van der Waals surface area contributed by atoms with E-state index in [1.165, 1.54) is 25.0 Å². The van der Waals surface area contributed by atoms with Crippen molar-refractivity contribution in [3.05, 3.63) is 76.0 Å². The summed E-state index contributed by atoms with van der Waals surface area (Å²) < 4.78 is 18.2. The summed E-state index contributed by atoms with van der Waals surface area (Å²) >= 11 is 0. The molecule has 194 valence electrons. The van der Waals surface area contributed by atoms with Crippen LogP contribution in [-0.2, 0) is 18.5 Å². The summed E-state index contributed by atoms with van der Waals surface area (Å²) in [5, 5.41) is 3.95. The first-order valence-electron chi connectivity index (χ1n) is 12.9. The lowest BCUT2D eigenvalue weighted by atomic mass is 9.87. The van der Waals surface area contributed by atoms with Gasteiger partial charge in [-0.25, -0.2) is 18.7 Å². The monoisotopic (exact) mass is 502 g/mol. The molecule has 1 unspecified atom stereocenters. The fraction of sp³-hybridized carbons (Fsp3) is 0.414. The predicted molar refractivity (Wildman–Crippen MR) is 147 cm³/mol. The molecule has 0 amide bonds. The van der Waals surface area contributed by atoms with Gasteiger partial charge in [-0.15, -0.1) is 0 Å². The number of likely N-dealkylation sites (N-methyl/N-ethyl adjacent to an activating group) is 1. The van der Waals surface area contributed by atoms with Gasteiger partial charge in [-0.2, -0.15) is 0 Å². The minimum Gasteiger partial charge on any atom is -0.340 e. The van der Waals surface area contributed by atoms with E-state index in [4.69, 9.17) is 0 Å². The lowest BCUT2D eigenvalue weighted by molar-refractivity contribution is 0.214. The Labute approximate surface area is 216 Å². The smallest absolute Gasteiger partial charge is 0.276 e. The Morgan fingerprint density at radius 3 is 2.59 bits per heavy atom. The van der Waals surface area contributed by atoms with E-state index in [1.807, 2.05) is 24.6 Å². The van der Waals surface area contributed by atoms with Crippen molar-refractivity contribution in [2.24, 2.45) is 0 Å². The first kappa shape index (κ1) is 25.1. The van der Waals surface area contributed by atoms with Gasteiger partial charge in [-0.05, 0) is 96.4 Å². The van der Waals surface area contributed by atoms with E-state index in [0.717, 1.165) is 24.9 Å². The lowest BCUT2D eigenvalue weighted by Crippen LogP contribution is -2.33. The van der Waals surface area contributed by atoms with Crippen LogP contribution in [0.3, 0.4) is 0 Å². The fourth-order valence-corrected chi connectivity index (χ4v) is 5.19. The van der Waals surface area contributed by atoms with Gasteiger partial charge in [-0.1, -0.05) is 6.07 Å². The zero-order valence-corrected chi connectivity index (χ0v) is 22.4. The number of hydrogen-bond acceptors (Lipinski definition) is 5. The number of aryl methyl sites for hydroxylation is 1. The zero-order valence-electron chi connectivity index (χ0n) is 22.4. The molecule has 1 N–H and O–H groups in total. The molecule has 0 saturated carbocycles. The van der Waals surface area contributed by atoms with E-state index in [0.29, 0.717) is 34.1 Å². The lowest BCUT2D eigenvalue weighted by Gasteiger charge is -2.30. The van der Waals surface area contributed by atoms with Gasteiger partial charge >= 0.3 is 0 Å². The molecule has 0 saturated heterocycles. The van der Waals surface area contributed by atoms with E-state index in [-0.39, 0.29) is 11.6 Å². The van der Waals surface area contributed by atoms with E-state index >= 15 is 0 Å². The third-order valence-electron chi connectivity index (χ3n) is 7.26. The van der Waals surface area contributed by atoms with Crippen molar-refractivity contribution in [3.63, 3.8) is 0 Å². The molecule has 0 spiro atoms. The van der Waals surface area contributed by atoms with E-state index in [1.54, 1.807) is 29.2 Å². The van der Waals surface area contributed by atoms with Gasteiger partial charge in [0.2, 0.25) is 0 Å². The van der Waals surface area contributed by atoms with Crippen LogP contribution in [-0.4, -0.2) is 44.4 Å². The van der Waals surface area contributed by atoms with Crippen LogP contribution in [0.15, 0.2) is 53.6 Å². The van der Waals surface area contributed by atoms with Gasteiger partial charge in [0.25, 0.3) is 5.56 Å². The molecule has 1 aliphatic carbocycles. The van der Waals surface area contributed by atoms with Crippen LogP contribution in [0.4, 0.5) is 15.9 Å². The number of pyridine rings is 2. The van der Waals surface area contributed by atoms with Crippen molar-refractivity contribution in [1.29, 1.82) is 0 Å². The number of anilines is 2. The van der Waals surface area contributed by atoms with Gasteiger partial charge in [0, 0.05) is 36.2 Å². The fourth-order valence-electron chi connectivity index (χ4n) is 5.19. The molecule has 1 atom stereocenters. The molecule has 7 nitrogen and oxygen atoms in total. The molecule has 0 radical (unpaired) electrons. The Hall–Kier alpha value is -3.52. The normalized spacial score (nSPS) is 16.0. The SMILES string of the molecule is CC(C)n1c(=O)c2cnc(Nc3ccc4c(c3)CCC(N(C)C)C4)cc2n1-c1ccnc(C(C)(C)F)c1. The summed E-state index contributed by atoms with van der Waals surface area (Å²) in [6, 6.07) is 12.4. The van der Waals surface area contributed by atoms with Gasteiger partial charge < -0.3 is 10.2 Å². The van der Waals surface area contributed by atoms with E-state index in [2.05, 4.69) is 52.5 Å². The highest BCUT2D eigenvalue weighted by atomic mass is 19.1. The number of rotatable bonds is 6. The van der Waals surface area contributed by atoms with Crippen molar-refractivity contribution in [3.8, 4) is 5.69 Å². The average Bonchev–Trinajstić information content (AvgIpc) is 3.15. The number of fused-ring (bicyclic) bond motifs is 2. The van der Waals surface area contributed by atoms with Crippen LogP contribution in [0, 0.1) is 0 Å². The van der Waals surface area contributed by atoms with Crippen LogP contribution >= 0.6 is 0 Å². The number of halogens is 1. The molecule has 5 rings (SSSR count). The highest BCUT2D eigenvalue weighted by molar-refractivity contribution is 5.83. The summed E-state index contributed by atoms with van der Waals surface area (Å²) in [7, 11) is 4.29. The van der Waals surface area contributed by atoms with Gasteiger partial charge in [-0.3, -0.25) is 9.78 Å². The Balaban J connectivity index is 1.56. The summed E-state index contributed by atoms with van der Waals surface area (Å²) in [6.45, 7) is 6.87. The summed E-state index contributed by atoms with van der Waals surface area (Å²) in [5.41, 5.74) is 3.69. The maximum atomic E-state index is 14.7.